The van der Waals surface area contributed by atoms with Crippen LogP contribution in [-0.4, -0.2) is 19.5 Å². The number of hydroxylamine groups is 1. The van der Waals surface area contributed by atoms with Crippen molar-refractivity contribution in [2.75, 3.05) is 0 Å². The van der Waals surface area contributed by atoms with Crippen LogP contribution in [0.25, 0.3) is 0 Å². The van der Waals surface area contributed by atoms with Gasteiger partial charge in [0.25, 0.3) is 5.91 Å². The van der Waals surface area contributed by atoms with E-state index >= 15 is 0 Å². The normalized spacial score (nSPS) is 12.7. The second kappa shape index (κ2) is 7.21. The molecule has 10 heteroatoms. The molecule has 2 rings (SSSR count). The number of carbonyl (C=O) groups is 1. The molecule has 0 aliphatic rings. The van der Waals surface area contributed by atoms with Crippen LogP contribution in [0.4, 0.5) is 13.2 Å². The molecular weight excluding hydrogens is 361 g/mol. The van der Waals surface area contributed by atoms with Crippen molar-refractivity contribution in [1.29, 1.82) is 0 Å². The van der Waals surface area contributed by atoms with E-state index in [1.165, 1.54) is 36.7 Å². The zero-order chi connectivity index (χ0) is 18.8. The highest BCUT2D eigenvalue weighted by atomic mass is 32.2. The zero-order valence-electron chi connectivity index (χ0n) is 12.8. The van der Waals surface area contributed by atoms with Crippen molar-refractivity contribution in [3.8, 4) is 0 Å². The van der Waals surface area contributed by atoms with Gasteiger partial charge in [-0.1, -0.05) is 12.1 Å². The minimum absolute atomic E-state index is 0.132. The van der Waals surface area contributed by atoms with E-state index in [-0.39, 0.29) is 5.56 Å². The van der Waals surface area contributed by atoms with Gasteiger partial charge < -0.3 is 0 Å². The molecule has 1 amide bonds. The van der Waals surface area contributed by atoms with Gasteiger partial charge in [0.1, 0.15) is 4.90 Å². The van der Waals surface area contributed by atoms with E-state index in [4.69, 9.17) is 5.21 Å². The summed E-state index contributed by atoms with van der Waals surface area (Å²) in [6, 6.07) is 5.79. The number of hydrogen-bond acceptors (Lipinski definition) is 4. The molecule has 0 aliphatic heterocycles. The van der Waals surface area contributed by atoms with Crippen molar-refractivity contribution < 1.29 is 31.6 Å². The van der Waals surface area contributed by atoms with Crippen molar-refractivity contribution in [3.63, 3.8) is 0 Å². The summed E-state index contributed by atoms with van der Waals surface area (Å²) in [5, 5.41) is 8.53. The number of benzene rings is 2. The highest BCUT2D eigenvalue weighted by Crippen LogP contribution is 2.22. The van der Waals surface area contributed by atoms with Gasteiger partial charge in [-0.05, 0) is 36.8 Å². The number of carbonyl (C=O) groups excluding carboxylic acids is 1. The van der Waals surface area contributed by atoms with Crippen LogP contribution in [0.1, 0.15) is 28.9 Å². The molecule has 0 aromatic heterocycles. The van der Waals surface area contributed by atoms with Crippen molar-refractivity contribution >= 4 is 15.9 Å². The van der Waals surface area contributed by atoms with Crippen LogP contribution in [0, 0.1) is 17.5 Å². The fraction of sp³-hybridized carbons (Fsp3) is 0.133. The molecule has 0 aliphatic carbocycles. The van der Waals surface area contributed by atoms with Crippen LogP contribution in [0.15, 0.2) is 41.3 Å². The van der Waals surface area contributed by atoms with E-state index in [2.05, 4.69) is 4.72 Å². The molecule has 2 aromatic rings. The smallest absolute Gasteiger partial charge is 0.274 e. The first-order chi connectivity index (χ1) is 11.7. The minimum atomic E-state index is -4.46. The standard InChI is InChI=1S/C15H13F3N2O4S/c1-8(9-2-4-10(5-3-9)15(21)19-22)20-25(23,24)12-7-6-11(16)13(17)14(12)18/h2-8,20,22H,1H3,(H,19,21). The molecule has 0 heterocycles. The first-order valence-corrected chi connectivity index (χ1v) is 8.36. The first kappa shape index (κ1) is 18.9. The highest BCUT2D eigenvalue weighted by molar-refractivity contribution is 7.89. The summed E-state index contributed by atoms with van der Waals surface area (Å²) in [5.41, 5.74) is 2.00. The van der Waals surface area contributed by atoms with Gasteiger partial charge in [-0.25, -0.2) is 31.8 Å². The Kier molecular flexibility index (Phi) is 5.45. The predicted molar refractivity (Wildman–Crippen MR) is 80.7 cm³/mol. The predicted octanol–water partition coefficient (Wildman–Crippen LogP) is 2.26. The van der Waals surface area contributed by atoms with Gasteiger partial charge in [-0.2, -0.15) is 0 Å². The molecule has 134 valence electrons. The Labute approximate surface area is 141 Å². The largest absolute Gasteiger partial charge is 0.288 e. The second-order valence-corrected chi connectivity index (χ2v) is 6.76. The molecule has 0 fully saturated rings. The molecule has 1 unspecified atom stereocenters. The van der Waals surface area contributed by atoms with Crippen LogP contribution in [0.2, 0.25) is 0 Å². The summed E-state index contributed by atoms with van der Waals surface area (Å²) in [6.07, 6.45) is 0. The zero-order valence-corrected chi connectivity index (χ0v) is 13.6. The number of sulfonamides is 1. The van der Waals surface area contributed by atoms with Crippen LogP contribution in [0.3, 0.4) is 0 Å². The molecule has 1 atom stereocenters. The molecular formula is C15H13F3N2O4S. The Morgan fingerprint density at radius 2 is 1.64 bits per heavy atom. The van der Waals surface area contributed by atoms with Crippen LogP contribution in [-0.2, 0) is 10.0 Å². The molecule has 0 bridgehead atoms. The molecule has 0 saturated heterocycles. The summed E-state index contributed by atoms with van der Waals surface area (Å²) < 4.78 is 66.4. The third kappa shape index (κ3) is 3.98. The number of halogens is 3. The second-order valence-electron chi connectivity index (χ2n) is 5.08. The van der Waals surface area contributed by atoms with Crippen LogP contribution in [0.5, 0.6) is 0 Å². The summed E-state index contributed by atoms with van der Waals surface area (Å²) in [5.74, 6) is -5.93. The maximum absolute atomic E-state index is 13.7. The summed E-state index contributed by atoms with van der Waals surface area (Å²) >= 11 is 0. The molecule has 2 aromatic carbocycles. The van der Waals surface area contributed by atoms with Crippen LogP contribution >= 0.6 is 0 Å². The molecule has 0 radical (unpaired) electrons. The summed E-state index contributed by atoms with van der Waals surface area (Å²) in [7, 11) is -4.46. The van der Waals surface area contributed by atoms with Crippen LogP contribution < -0.4 is 10.2 Å². The number of rotatable bonds is 5. The average molecular weight is 374 g/mol. The SMILES string of the molecule is CC(NS(=O)(=O)c1ccc(F)c(F)c1F)c1ccc(C(=O)NO)cc1. The Morgan fingerprint density at radius 3 is 2.20 bits per heavy atom. The van der Waals surface area contributed by atoms with E-state index in [1.54, 1.807) is 0 Å². The molecule has 0 saturated carbocycles. The van der Waals surface area contributed by atoms with Crippen molar-refractivity contribution in [2.45, 2.75) is 17.9 Å². The minimum Gasteiger partial charge on any atom is -0.288 e. The fourth-order valence-corrected chi connectivity index (χ4v) is 3.37. The molecule has 6 nitrogen and oxygen atoms in total. The Bertz CT molecular complexity index is 902. The van der Waals surface area contributed by atoms with E-state index in [9.17, 15) is 26.4 Å². The Balaban J connectivity index is 2.26. The van der Waals surface area contributed by atoms with E-state index in [0.29, 0.717) is 17.7 Å². The maximum Gasteiger partial charge on any atom is 0.274 e. The van der Waals surface area contributed by atoms with Crippen molar-refractivity contribution in [2.24, 2.45) is 0 Å². The number of amides is 1. The molecule has 25 heavy (non-hydrogen) atoms. The third-order valence-electron chi connectivity index (χ3n) is 3.40. The average Bonchev–Trinajstić information content (AvgIpc) is 2.58. The van der Waals surface area contributed by atoms with E-state index in [1.807, 2.05) is 0 Å². The van der Waals surface area contributed by atoms with Gasteiger partial charge in [0.05, 0.1) is 0 Å². The van der Waals surface area contributed by atoms with Crippen molar-refractivity contribution in [3.05, 3.63) is 65.0 Å². The van der Waals surface area contributed by atoms with Gasteiger partial charge in [0.2, 0.25) is 10.0 Å². The lowest BCUT2D eigenvalue weighted by atomic mass is 10.1. The van der Waals surface area contributed by atoms with Gasteiger partial charge in [0, 0.05) is 11.6 Å². The van der Waals surface area contributed by atoms with Gasteiger partial charge in [0.15, 0.2) is 17.5 Å². The number of hydrogen-bond donors (Lipinski definition) is 3. The van der Waals surface area contributed by atoms with E-state index in [0.717, 1.165) is 0 Å². The quantitative estimate of drug-likeness (QED) is 0.425. The lowest BCUT2D eigenvalue weighted by molar-refractivity contribution is 0.0706. The van der Waals surface area contributed by atoms with Crippen molar-refractivity contribution in [1.82, 2.24) is 10.2 Å². The lowest BCUT2D eigenvalue weighted by Crippen LogP contribution is -2.28. The highest BCUT2D eigenvalue weighted by Gasteiger charge is 2.25. The Hall–Kier alpha value is -2.43. The van der Waals surface area contributed by atoms with Gasteiger partial charge in [-0.3, -0.25) is 10.0 Å². The van der Waals surface area contributed by atoms with Gasteiger partial charge >= 0.3 is 0 Å². The fourth-order valence-electron chi connectivity index (χ4n) is 2.07. The molecule has 3 N–H and O–H groups in total. The maximum atomic E-state index is 13.7. The summed E-state index contributed by atoms with van der Waals surface area (Å²) in [4.78, 5) is 10.2. The topological polar surface area (TPSA) is 95.5 Å². The van der Waals surface area contributed by atoms with Gasteiger partial charge in [-0.15, -0.1) is 0 Å². The monoisotopic (exact) mass is 374 g/mol. The Morgan fingerprint density at radius 1 is 1.04 bits per heavy atom. The third-order valence-corrected chi connectivity index (χ3v) is 4.95. The van der Waals surface area contributed by atoms with E-state index < -0.39 is 44.3 Å². The summed E-state index contributed by atoms with van der Waals surface area (Å²) in [6.45, 7) is 1.44. The molecule has 0 spiro atoms. The first-order valence-electron chi connectivity index (χ1n) is 6.87. The number of nitrogens with one attached hydrogen (secondary N) is 2. The lowest BCUT2D eigenvalue weighted by Gasteiger charge is -2.15.